The molecule has 1 N–H and O–H groups in total. The van der Waals surface area contributed by atoms with E-state index in [4.69, 9.17) is 0 Å². The summed E-state index contributed by atoms with van der Waals surface area (Å²) in [5, 5.41) is 2.88. The average Bonchev–Trinajstić information content (AvgIpc) is 2.96. The summed E-state index contributed by atoms with van der Waals surface area (Å²) in [7, 11) is 0. The molecule has 0 unspecified atom stereocenters. The van der Waals surface area contributed by atoms with Crippen LogP contribution in [0.2, 0.25) is 0 Å². The van der Waals surface area contributed by atoms with Gasteiger partial charge >= 0.3 is 6.03 Å². The van der Waals surface area contributed by atoms with Gasteiger partial charge in [-0.25, -0.2) is 9.18 Å². The number of hydrogen-bond acceptors (Lipinski definition) is 4. The second-order valence-electron chi connectivity index (χ2n) is 8.26. The Bertz CT molecular complexity index is 824. The lowest BCUT2D eigenvalue weighted by molar-refractivity contribution is -0.140. The first-order valence-corrected chi connectivity index (χ1v) is 10.3. The van der Waals surface area contributed by atoms with Crippen LogP contribution in [-0.2, 0) is 9.59 Å². The second-order valence-corrected chi connectivity index (χ2v) is 8.26. The summed E-state index contributed by atoms with van der Waals surface area (Å²) < 4.78 is 14.0. The van der Waals surface area contributed by atoms with Crippen molar-refractivity contribution in [1.29, 1.82) is 0 Å². The van der Waals surface area contributed by atoms with Gasteiger partial charge in [-0.05, 0) is 30.9 Å². The summed E-state index contributed by atoms with van der Waals surface area (Å²) in [5.74, 6) is -0.731. The lowest BCUT2D eigenvalue weighted by atomic mass is 9.73. The molecule has 0 aromatic heterocycles. The van der Waals surface area contributed by atoms with Gasteiger partial charge in [-0.2, -0.15) is 0 Å². The summed E-state index contributed by atoms with van der Waals surface area (Å²) >= 11 is 0. The van der Waals surface area contributed by atoms with Gasteiger partial charge in [-0.15, -0.1) is 0 Å². The summed E-state index contributed by atoms with van der Waals surface area (Å²) in [6.07, 6.45) is 3.48. The van der Waals surface area contributed by atoms with E-state index in [-0.39, 0.29) is 30.1 Å². The highest BCUT2D eigenvalue weighted by Gasteiger charge is 2.55. The molecule has 2 heterocycles. The Morgan fingerprint density at radius 3 is 2.59 bits per heavy atom. The quantitative estimate of drug-likeness (QED) is 0.785. The van der Waals surface area contributed by atoms with Crippen molar-refractivity contribution in [3.8, 4) is 0 Å². The molecule has 1 spiro atoms. The molecular weight excluding hydrogens is 375 g/mol. The number of benzene rings is 1. The van der Waals surface area contributed by atoms with Crippen molar-refractivity contribution in [3.05, 3.63) is 30.1 Å². The van der Waals surface area contributed by atoms with Crippen molar-refractivity contribution in [1.82, 2.24) is 15.1 Å². The molecule has 156 valence electrons. The first-order valence-electron chi connectivity index (χ1n) is 10.3. The zero-order chi connectivity index (χ0) is 20.6. The minimum Gasteiger partial charge on any atom is -0.366 e. The van der Waals surface area contributed by atoms with Gasteiger partial charge in [-0.3, -0.25) is 14.5 Å². The van der Waals surface area contributed by atoms with Gasteiger partial charge in [0.05, 0.1) is 5.69 Å². The number of amides is 4. The van der Waals surface area contributed by atoms with E-state index in [9.17, 15) is 18.8 Å². The van der Waals surface area contributed by atoms with Crippen LogP contribution >= 0.6 is 0 Å². The SMILES string of the molecule is C[C@H]1CCCC[C@@]12NC(=O)N(CC(=O)N1CCN(c3ccccc3F)CC1)C2=O. The fourth-order valence-electron chi connectivity index (χ4n) is 4.78. The number of rotatable bonds is 3. The molecule has 2 aliphatic heterocycles. The van der Waals surface area contributed by atoms with Gasteiger partial charge in [0.1, 0.15) is 17.9 Å². The predicted molar refractivity (Wildman–Crippen MR) is 106 cm³/mol. The number of halogens is 1. The van der Waals surface area contributed by atoms with Gasteiger partial charge in [0.25, 0.3) is 5.91 Å². The van der Waals surface area contributed by atoms with E-state index < -0.39 is 11.6 Å². The Labute approximate surface area is 169 Å². The normalized spacial score (nSPS) is 27.5. The first-order chi connectivity index (χ1) is 13.9. The second kappa shape index (κ2) is 7.65. The molecule has 1 saturated carbocycles. The van der Waals surface area contributed by atoms with E-state index in [0.29, 0.717) is 38.3 Å². The summed E-state index contributed by atoms with van der Waals surface area (Å²) in [6.45, 7) is 3.63. The fraction of sp³-hybridized carbons (Fsp3) is 0.571. The highest BCUT2D eigenvalue weighted by atomic mass is 19.1. The topological polar surface area (TPSA) is 73.0 Å². The number of piperazine rings is 1. The summed E-state index contributed by atoms with van der Waals surface area (Å²) in [6, 6.07) is 6.12. The Kier molecular flexibility index (Phi) is 5.19. The Morgan fingerprint density at radius 2 is 1.90 bits per heavy atom. The van der Waals surface area contributed by atoms with E-state index in [1.807, 2.05) is 11.8 Å². The third-order valence-corrected chi connectivity index (χ3v) is 6.62. The molecule has 1 aromatic carbocycles. The van der Waals surface area contributed by atoms with Crippen LogP contribution < -0.4 is 10.2 Å². The van der Waals surface area contributed by atoms with Gasteiger partial charge in [-0.1, -0.05) is 31.9 Å². The number of nitrogens with zero attached hydrogens (tertiary/aromatic N) is 3. The summed E-state index contributed by atoms with van der Waals surface area (Å²) in [4.78, 5) is 42.9. The van der Waals surface area contributed by atoms with Crippen molar-refractivity contribution in [3.63, 3.8) is 0 Å². The van der Waals surface area contributed by atoms with Gasteiger partial charge < -0.3 is 15.1 Å². The first kappa shape index (κ1) is 19.7. The monoisotopic (exact) mass is 402 g/mol. The molecule has 2 atom stereocenters. The van der Waals surface area contributed by atoms with Crippen LogP contribution in [0.4, 0.5) is 14.9 Å². The number of urea groups is 1. The molecule has 29 heavy (non-hydrogen) atoms. The highest BCUT2D eigenvalue weighted by Crippen LogP contribution is 2.38. The van der Waals surface area contributed by atoms with Crippen molar-refractivity contribution in [2.75, 3.05) is 37.6 Å². The number of nitrogens with one attached hydrogen (secondary N) is 1. The number of anilines is 1. The minimum absolute atomic E-state index is 0.0668. The van der Waals surface area contributed by atoms with Crippen LogP contribution in [0.3, 0.4) is 0 Å². The molecule has 0 radical (unpaired) electrons. The van der Waals surface area contributed by atoms with Crippen molar-refractivity contribution >= 4 is 23.5 Å². The molecule has 3 fully saturated rings. The molecular formula is C21H27FN4O3. The van der Waals surface area contributed by atoms with Gasteiger partial charge in [0.2, 0.25) is 5.91 Å². The highest BCUT2D eigenvalue weighted by molar-refractivity contribution is 6.09. The number of imide groups is 1. The lowest BCUT2D eigenvalue weighted by Gasteiger charge is -2.37. The van der Waals surface area contributed by atoms with Gasteiger partial charge in [0.15, 0.2) is 0 Å². The fourth-order valence-corrected chi connectivity index (χ4v) is 4.78. The molecule has 1 aliphatic carbocycles. The van der Waals surface area contributed by atoms with Crippen molar-refractivity contribution < 1.29 is 18.8 Å². The van der Waals surface area contributed by atoms with Crippen LogP contribution in [0.1, 0.15) is 32.6 Å². The lowest BCUT2D eigenvalue weighted by Crippen LogP contribution is -2.55. The van der Waals surface area contributed by atoms with Crippen molar-refractivity contribution in [2.45, 2.75) is 38.1 Å². The minimum atomic E-state index is -0.848. The van der Waals surface area contributed by atoms with E-state index >= 15 is 0 Å². The third kappa shape index (κ3) is 3.45. The molecule has 4 amide bonds. The third-order valence-electron chi connectivity index (χ3n) is 6.62. The van der Waals surface area contributed by atoms with Crippen LogP contribution in [0, 0.1) is 11.7 Å². The van der Waals surface area contributed by atoms with E-state index in [1.165, 1.54) is 6.07 Å². The molecule has 2 saturated heterocycles. The largest absolute Gasteiger partial charge is 0.366 e. The number of hydrogen-bond donors (Lipinski definition) is 1. The van der Waals surface area contributed by atoms with Crippen LogP contribution in [0.15, 0.2) is 24.3 Å². The zero-order valence-corrected chi connectivity index (χ0v) is 16.7. The van der Waals surface area contributed by atoms with Crippen LogP contribution in [-0.4, -0.2) is 65.9 Å². The molecule has 4 rings (SSSR count). The van der Waals surface area contributed by atoms with E-state index in [0.717, 1.165) is 24.2 Å². The predicted octanol–water partition coefficient (Wildman–Crippen LogP) is 1.97. The van der Waals surface area contributed by atoms with E-state index in [2.05, 4.69) is 5.32 Å². The Hall–Kier alpha value is -2.64. The van der Waals surface area contributed by atoms with E-state index in [1.54, 1.807) is 23.1 Å². The molecule has 0 bridgehead atoms. The van der Waals surface area contributed by atoms with Crippen molar-refractivity contribution in [2.24, 2.45) is 5.92 Å². The van der Waals surface area contributed by atoms with Crippen LogP contribution in [0.25, 0.3) is 0 Å². The maximum absolute atomic E-state index is 14.0. The Balaban J connectivity index is 1.37. The maximum atomic E-state index is 14.0. The molecule has 8 heteroatoms. The molecule has 3 aliphatic rings. The zero-order valence-electron chi connectivity index (χ0n) is 16.7. The molecule has 1 aromatic rings. The number of carbonyl (C=O) groups is 3. The molecule has 7 nitrogen and oxygen atoms in total. The smallest absolute Gasteiger partial charge is 0.325 e. The summed E-state index contributed by atoms with van der Waals surface area (Å²) in [5.41, 5.74) is -0.319. The Morgan fingerprint density at radius 1 is 1.17 bits per heavy atom. The van der Waals surface area contributed by atoms with Gasteiger partial charge in [0, 0.05) is 26.2 Å². The van der Waals surface area contributed by atoms with Crippen LogP contribution in [0.5, 0.6) is 0 Å². The standard InChI is InChI=1S/C21H27FN4O3/c1-15-6-4-5-9-21(15)19(28)26(20(29)23-21)14-18(27)25-12-10-24(11-13-25)17-8-3-2-7-16(17)22/h2-3,7-8,15H,4-6,9-14H2,1H3,(H,23,29)/t15-,21+/m0/s1. The maximum Gasteiger partial charge on any atom is 0.325 e. The number of para-hydroxylation sites is 1. The average molecular weight is 402 g/mol. The number of carbonyl (C=O) groups excluding carboxylic acids is 3.